The molecule has 1 aromatic carbocycles. The molecule has 1 aliphatic rings. The van der Waals surface area contributed by atoms with Crippen LogP contribution in [0.25, 0.3) is 0 Å². The molecule has 2 aromatic rings. The van der Waals surface area contributed by atoms with Crippen molar-refractivity contribution in [2.75, 3.05) is 13.1 Å². The second-order valence-corrected chi connectivity index (χ2v) is 7.34. The monoisotopic (exact) mass is 336 g/mol. The topological polar surface area (TPSA) is 45.6 Å². The number of likely N-dealkylation sites (tertiary alicyclic amines) is 1. The van der Waals surface area contributed by atoms with Crippen molar-refractivity contribution in [1.29, 1.82) is 0 Å². The maximum Gasteiger partial charge on any atom is 0.129 e. The van der Waals surface area contributed by atoms with Gasteiger partial charge in [-0.2, -0.15) is 0 Å². The van der Waals surface area contributed by atoms with Crippen molar-refractivity contribution in [3.8, 4) is 5.75 Å². The Bertz CT molecular complexity index is 674. The summed E-state index contributed by atoms with van der Waals surface area (Å²) < 4.78 is 19.1. The van der Waals surface area contributed by atoms with E-state index in [1.165, 1.54) is 12.1 Å². The van der Waals surface area contributed by atoms with Crippen LogP contribution in [0.4, 0.5) is 4.39 Å². The summed E-state index contributed by atoms with van der Waals surface area (Å²) in [6.07, 6.45) is 0.338. The number of halogens is 1. The van der Waals surface area contributed by atoms with E-state index < -0.39 is 5.60 Å². The van der Waals surface area contributed by atoms with Crippen LogP contribution in [0.2, 0.25) is 0 Å². The highest BCUT2D eigenvalue weighted by Gasteiger charge is 2.39. The normalized spacial score (nSPS) is 25.5. The molecular formula is C17H21FN2O2S. The maximum atomic E-state index is 13.3. The van der Waals surface area contributed by atoms with Crippen LogP contribution in [0.5, 0.6) is 5.75 Å². The van der Waals surface area contributed by atoms with Gasteiger partial charge in [-0.25, -0.2) is 9.37 Å². The summed E-state index contributed by atoms with van der Waals surface area (Å²) in [7, 11) is 0. The van der Waals surface area contributed by atoms with E-state index >= 15 is 0 Å². The number of rotatable bonds is 4. The first-order valence-corrected chi connectivity index (χ1v) is 8.58. The second-order valence-electron chi connectivity index (χ2n) is 6.28. The molecule has 0 spiro atoms. The van der Waals surface area contributed by atoms with Crippen LogP contribution in [0, 0.1) is 12.7 Å². The lowest BCUT2D eigenvalue weighted by molar-refractivity contribution is -0.0995. The van der Waals surface area contributed by atoms with Crippen LogP contribution in [0.3, 0.4) is 0 Å². The van der Waals surface area contributed by atoms with E-state index in [9.17, 15) is 9.50 Å². The van der Waals surface area contributed by atoms with Crippen molar-refractivity contribution < 1.29 is 14.2 Å². The fraction of sp³-hybridized carbons (Fsp3) is 0.471. The van der Waals surface area contributed by atoms with E-state index in [0.29, 0.717) is 18.7 Å². The van der Waals surface area contributed by atoms with E-state index in [1.54, 1.807) is 30.4 Å². The zero-order valence-electron chi connectivity index (χ0n) is 13.3. The van der Waals surface area contributed by atoms with E-state index in [4.69, 9.17) is 4.74 Å². The average Bonchev–Trinajstić information content (AvgIpc) is 2.87. The van der Waals surface area contributed by atoms with E-state index in [2.05, 4.69) is 15.3 Å². The van der Waals surface area contributed by atoms with Gasteiger partial charge >= 0.3 is 0 Å². The molecule has 0 saturated carbocycles. The number of hydrogen-bond donors (Lipinski definition) is 1. The smallest absolute Gasteiger partial charge is 0.129 e. The summed E-state index contributed by atoms with van der Waals surface area (Å²) in [6, 6.07) is 6.05. The molecule has 1 fully saturated rings. The van der Waals surface area contributed by atoms with Gasteiger partial charge in [0.05, 0.1) is 10.7 Å². The molecule has 1 saturated heterocycles. The molecule has 1 N–H and O–H groups in total. The molecule has 124 valence electrons. The van der Waals surface area contributed by atoms with Crippen molar-refractivity contribution in [3.63, 3.8) is 0 Å². The van der Waals surface area contributed by atoms with Crippen molar-refractivity contribution in [2.45, 2.75) is 38.5 Å². The van der Waals surface area contributed by atoms with Gasteiger partial charge in [-0.15, -0.1) is 11.3 Å². The minimum Gasteiger partial charge on any atom is -0.487 e. The van der Waals surface area contributed by atoms with Crippen molar-refractivity contribution in [2.24, 2.45) is 0 Å². The number of hydrogen-bond acceptors (Lipinski definition) is 5. The summed E-state index contributed by atoms with van der Waals surface area (Å²) in [5.74, 6) is 0.123. The molecule has 23 heavy (non-hydrogen) atoms. The molecule has 0 bridgehead atoms. The molecule has 1 aromatic heterocycles. The number of nitrogens with zero attached hydrogens (tertiary/aromatic N) is 2. The number of ether oxygens (including phenoxy) is 1. The van der Waals surface area contributed by atoms with Crippen molar-refractivity contribution in [1.82, 2.24) is 9.88 Å². The molecule has 4 nitrogen and oxygen atoms in total. The highest BCUT2D eigenvalue weighted by atomic mass is 32.1. The Morgan fingerprint density at radius 1 is 1.52 bits per heavy atom. The predicted molar refractivity (Wildman–Crippen MR) is 88.2 cm³/mol. The molecule has 2 heterocycles. The standard InChI is InChI=1S/C17H21FN2O2S/c1-12-19-14(10-23-12)9-20-7-6-16(17(2,21)11-20)22-15-5-3-4-13(18)8-15/h3-5,8,10,16,21H,6-7,9,11H2,1-2H3/t16-,17-/m0/s1. The second kappa shape index (κ2) is 6.55. The van der Waals surface area contributed by atoms with Gasteiger partial charge in [0.25, 0.3) is 0 Å². The lowest BCUT2D eigenvalue weighted by Crippen LogP contribution is -2.56. The fourth-order valence-electron chi connectivity index (χ4n) is 2.98. The minimum atomic E-state index is -0.990. The molecule has 2 atom stereocenters. The Labute approximate surface area is 139 Å². The number of thiazole rings is 1. The molecular weight excluding hydrogens is 315 g/mol. The molecule has 6 heteroatoms. The first-order chi connectivity index (χ1) is 10.9. The minimum absolute atomic E-state index is 0.335. The average molecular weight is 336 g/mol. The first-order valence-electron chi connectivity index (χ1n) is 7.70. The highest BCUT2D eigenvalue weighted by Crippen LogP contribution is 2.27. The summed E-state index contributed by atoms with van der Waals surface area (Å²) in [4.78, 5) is 6.65. The zero-order chi connectivity index (χ0) is 16.4. The van der Waals surface area contributed by atoms with Gasteiger partial charge in [-0.05, 0) is 32.4 Å². The molecule has 0 amide bonds. The van der Waals surface area contributed by atoms with Gasteiger partial charge in [-0.3, -0.25) is 4.90 Å². The number of aromatic nitrogens is 1. The van der Waals surface area contributed by atoms with E-state index in [-0.39, 0.29) is 11.9 Å². The summed E-state index contributed by atoms with van der Waals surface area (Å²) in [5.41, 5.74) is 0.0446. The van der Waals surface area contributed by atoms with Crippen molar-refractivity contribution >= 4 is 11.3 Å². The lowest BCUT2D eigenvalue weighted by atomic mass is 9.91. The third-order valence-electron chi connectivity index (χ3n) is 4.07. The molecule has 0 unspecified atom stereocenters. The van der Waals surface area contributed by atoms with Crippen molar-refractivity contribution in [3.05, 3.63) is 46.2 Å². The van der Waals surface area contributed by atoms with Crippen LogP contribution >= 0.6 is 11.3 Å². The predicted octanol–water partition coefficient (Wildman–Crippen LogP) is 2.99. The summed E-state index contributed by atoms with van der Waals surface area (Å²) in [5, 5.41) is 13.8. The maximum absolute atomic E-state index is 13.3. The fourth-order valence-corrected chi connectivity index (χ4v) is 3.58. The summed E-state index contributed by atoms with van der Waals surface area (Å²) in [6.45, 7) is 5.81. The number of aryl methyl sites for hydroxylation is 1. The van der Waals surface area contributed by atoms with Crippen LogP contribution in [-0.2, 0) is 6.54 Å². The Morgan fingerprint density at radius 3 is 3.00 bits per heavy atom. The van der Waals surface area contributed by atoms with Gasteiger partial charge < -0.3 is 9.84 Å². The number of β-amino-alcohol motifs (C(OH)–C–C–N with tert-alkyl or cyclic N) is 1. The molecule has 3 rings (SSSR count). The lowest BCUT2D eigenvalue weighted by Gasteiger charge is -2.42. The third kappa shape index (κ3) is 4.07. The first kappa shape index (κ1) is 16.4. The molecule has 0 radical (unpaired) electrons. The molecule has 1 aliphatic heterocycles. The van der Waals surface area contributed by atoms with Crippen LogP contribution in [0.1, 0.15) is 24.0 Å². The largest absolute Gasteiger partial charge is 0.487 e. The highest BCUT2D eigenvalue weighted by molar-refractivity contribution is 7.09. The van der Waals surface area contributed by atoms with Gasteiger partial charge in [0.2, 0.25) is 0 Å². The van der Waals surface area contributed by atoms with Crippen LogP contribution < -0.4 is 4.74 Å². The SMILES string of the molecule is Cc1nc(CN2CC[C@H](Oc3cccc(F)c3)[C@@](C)(O)C2)cs1. The quantitative estimate of drug-likeness (QED) is 0.932. The van der Waals surface area contributed by atoms with Crippen LogP contribution in [-0.4, -0.2) is 39.8 Å². The van der Waals surface area contributed by atoms with E-state index in [1.807, 2.05) is 6.92 Å². The Kier molecular flexibility index (Phi) is 4.66. The number of piperidine rings is 1. The Morgan fingerprint density at radius 2 is 2.35 bits per heavy atom. The van der Waals surface area contributed by atoms with Gasteiger partial charge in [0.1, 0.15) is 23.3 Å². The summed E-state index contributed by atoms with van der Waals surface area (Å²) >= 11 is 1.64. The van der Waals surface area contributed by atoms with E-state index in [0.717, 1.165) is 23.8 Å². The van der Waals surface area contributed by atoms with Gasteiger partial charge in [0, 0.05) is 31.1 Å². The van der Waals surface area contributed by atoms with Crippen LogP contribution in [0.15, 0.2) is 29.6 Å². The van der Waals surface area contributed by atoms with Gasteiger partial charge in [-0.1, -0.05) is 6.07 Å². The number of benzene rings is 1. The van der Waals surface area contributed by atoms with Gasteiger partial charge in [0.15, 0.2) is 0 Å². The third-order valence-corrected chi connectivity index (χ3v) is 4.89. The molecule has 0 aliphatic carbocycles. The zero-order valence-corrected chi connectivity index (χ0v) is 14.1. The number of aliphatic hydroxyl groups is 1. The Hall–Kier alpha value is -1.50. The Balaban J connectivity index is 1.63.